The normalized spacial score (nSPS) is 25.9. The summed E-state index contributed by atoms with van der Waals surface area (Å²) in [5.41, 5.74) is 0.367. The average molecular weight is 293 g/mol. The minimum Gasteiger partial charge on any atom is -0.320 e. The van der Waals surface area contributed by atoms with Crippen LogP contribution in [0.15, 0.2) is 24.3 Å². The molecule has 2 unspecified atom stereocenters. The smallest absolute Gasteiger partial charge is 0.244 e. The third-order valence-corrected chi connectivity index (χ3v) is 4.18. The quantitative estimate of drug-likeness (QED) is 0.902. The molecule has 1 heterocycles. The molecule has 1 amide bonds. The Morgan fingerprint density at radius 3 is 2.48 bits per heavy atom. The fourth-order valence-electron chi connectivity index (χ4n) is 2.58. The Balaban J connectivity index is 2.27. The van der Waals surface area contributed by atoms with Crippen LogP contribution in [0.25, 0.3) is 0 Å². The lowest BCUT2D eigenvalue weighted by Crippen LogP contribution is -2.43. The van der Waals surface area contributed by atoms with Gasteiger partial charge in [0, 0.05) is 13.1 Å². The number of amides is 1. The van der Waals surface area contributed by atoms with Crippen molar-refractivity contribution in [2.75, 3.05) is 27.2 Å². The standard InChI is InChI=1S/C16H24FN3O/c1-5-16(2)15(21)20(11-10-19(3)4)14(18-16)12-6-8-13(17)9-7-12/h6-9,14,18H,5,10-11H2,1-4H3. The summed E-state index contributed by atoms with van der Waals surface area (Å²) in [5.74, 6) is -0.151. The summed E-state index contributed by atoms with van der Waals surface area (Å²) in [6.45, 7) is 5.38. The number of likely N-dealkylation sites (N-methyl/N-ethyl adjacent to an activating group) is 1. The fraction of sp³-hybridized carbons (Fsp3) is 0.562. The van der Waals surface area contributed by atoms with E-state index in [1.807, 2.05) is 32.8 Å². The molecule has 0 saturated carbocycles. The molecule has 2 rings (SSSR count). The Morgan fingerprint density at radius 1 is 1.33 bits per heavy atom. The third kappa shape index (κ3) is 3.24. The lowest BCUT2D eigenvalue weighted by molar-refractivity contribution is -0.133. The van der Waals surface area contributed by atoms with Crippen molar-refractivity contribution in [2.24, 2.45) is 0 Å². The molecule has 1 aromatic carbocycles. The van der Waals surface area contributed by atoms with E-state index in [1.165, 1.54) is 12.1 Å². The Morgan fingerprint density at radius 2 is 1.95 bits per heavy atom. The van der Waals surface area contributed by atoms with E-state index in [4.69, 9.17) is 0 Å². The van der Waals surface area contributed by atoms with Crippen LogP contribution in [-0.4, -0.2) is 48.4 Å². The van der Waals surface area contributed by atoms with Gasteiger partial charge < -0.3 is 9.80 Å². The van der Waals surface area contributed by atoms with Crippen LogP contribution in [0.4, 0.5) is 4.39 Å². The summed E-state index contributed by atoms with van der Waals surface area (Å²) >= 11 is 0. The molecule has 4 nitrogen and oxygen atoms in total. The van der Waals surface area contributed by atoms with E-state index >= 15 is 0 Å². The zero-order valence-electron chi connectivity index (χ0n) is 13.2. The fourth-order valence-corrected chi connectivity index (χ4v) is 2.58. The molecule has 0 aromatic heterocycles. The number of halogens is 1. The topological polar surface area (TPSA) is 35.6 Å². The molecule has 2 atom stereocenters. The lowest BCUT2D eigenvalue weighted by atomic mass is 9.99. The Kier molecular flexibility index (Phi) is 4.64. The Labute approximate surface area is 125 Å². The minimum atomic E-state index is -0.550. The van der Waals surface area contributed by atoms with E-state index in [9.17, 15) is 9.18 Å². The molecule has 0 bridgehead atoms. The van der Waals surface area contributed by atoms with Crippen molar-refractivity contribution in [3.63, 3.8) is 0 Å². The molecule has 0 aliphatic carbocycles. The van der Waals surface area contributed by atoms with E-state index in [0.29, 0.717) is 6.54 Å². The van der Waals surface area contributed by atoms with Crippen LogP contribution >= 0.6 is 0 Å². The molecule has 5 heteroatoms. The molecular formula is C16H24FN3O. The molecule has 1 aliphatic heterocycles. The van der Waals surface area contributed by atoms with Crippen LogP contribution in [0.5, 0.6) is 0 Å². The minimum absolute atomic E-state index is 0.112. The predicted molar refractivity (Wildman–Crippen MR) is 81.2 cm³/mol. The number of hydrogen-bond acceptors (Lipinski definition) is 3. The molecule has 21 heavy (non-hydrogen) atoms. The highest BCUT2D eigenvalue weighted by molar-refractivity contribution is 5.88. The van der Waals surface area contributed by atoms with Gasteiger partial charge in [-0.3, -0.25) is 10.1 Å². The third-order valence-electron chi connectivity index (χ3n) is 4.18. The molecule has 0 spiro atoms. The number of nitrogens with zero attached hydrogens (tertiary/aromatic N) is 2. The van der Waals surface area contributed by atoms with Crippen LogP contribution in [0.1, 0.15) is 32.0 Å². The van der Waals surface area contributed by atoms with Crippen molar-refractivity contribution in [2.45, 2.75) is 32.0 Å². The summed E-state index contributed by atoms with van der Waals surface area (Å²) in [5, 5.41) is 3.41. The summed E-state index contributed by atoms with van der Waals surface area (Å²) in [7, 11) is 3.97. The van der Waals surface area contributed by atoms with Crippen molar-refractivity contribution in [3.05, 3.63) is 35.6 Å². The highest BCUT2D eigenvalue weighted by Crippen LogP contribution is 2.32. The van der Waals surface area contributed by atoms with Gasteiger partial charge in [0.2, 0.25) is 5.91 Å². The summed E-state index contributed by atoms with van der Waals surface area (Å²) in [6.07, 6.45) is 0.533. The second-order valence-corrected chi connectivity index (χ2v) is 6.09. The average Bonchev–Trinajstić information content (AvgIpc) is 2.70. The van der Waals surface area contributed by atoms with Crippen molar-refractivity contribution in [3.8, 4) is 0 Å². The number of rotatable bonds is 5. The van der Waals surface area contributed by atoms with Gasteiger partial charge in [-0.2, -0.15) is 0 Å². The summed E-state index contributed by atoms with van der Waals surface area (Å²) in [6, 6.07) is 6.36. The largest absolute Gasteiger partial charge is 0.320 e. The van der Waals surface area contributed by atoms with Gasteiger partial charge in [-0.25, -0.2) is 4.39 Å². The maximum atomic E-state index is 13.1. The van der Waals surface area contributed by atoms with Gasteiger partial charge in [-0.15, -0.1) is 0 Å². The Hall–Kier alpha value is -1.46. The van der Waals surface area contributed by atoms with Crippen LogP contribution < -0.4 is 5.32 Å². The second kappa shape index (κ2) is 6.12. The van der Waals surface area contributed by atoms with Gasteiger partial charge >= 0.3 is 0 Å². The van der Waals surface area contributed by atoms with Gasteiger partial charge in [0.1, 0.15) is 12.0 Å². The van der Waals surface area contributed by atoms with Crippen LogP contribution in [0.2, 0.25) is 0 Å². The van der Waals surface area contributed by atoms with E-state index in [-0.39, 0.29) is 17.9 Å². The molecule has 1 saturated heterocycles. The first-order chi connectivity index (χ1) is 9.87. The number of nitrogens with one attached hydrogen (secondary N) is 1. The van der Waals surface area contributed by atoms with E-state index in [2.05, 4.69) is 10.2 Å². The molecule has 1 aliphatic rings. The lowest BCUT2D eigenvalue weighted by Gasteiger charge is -2.26. The zero-order valence-corrected chi connectivity index (χ0v) is 13.2. The molecule has 1 aromatic rings. The maximum Gasteiger partial charge on any atom is 0.244 e. The van der Waals surface area contributed by atoms with Gasteiger partial charge in [0.25, 0.3) is 0 Å². The SMILES string of the molecule is CCC1(C)NC(c2ccc(F)cc2)N(CCN(C)C)C1=O. The van der Waals surface area contributed by atoms with Crippen LogP contribution in [-0.2, 0) is 4.79 Å². The van der Waals surface area contributed by atoms with Crippen LogP contribution in [0, 0.1) is 5.82 Å². The highest BCUT2D eigenvalue weighted by atomic mass is 19.1. The second-order valence-electron chi connectivity index (χ2n) is 6.09. The van der Waals surface area contributed by atoms with E-state index < -0.39 is 5.54 Å². The van der Waals surface area contributed by atoms with Gasteiger partial charge in [0.05, 0.1) is 5.54 Å². The molecule has 1 fully saturated rings. The van der Waals surface area contributed by atoms with Gasteiger partial charge in [-0.1, -0.05) is 19.1 Å². The number of carbonyl (C=O) groups is 1. The van der Waals surface area contributed by atoms with Crippen molar-refractivity contribution in [1.29, 1.82) is 0 Å². The summed E-state index contributed by atoms with van der Waals surface area (Å²) < 4.78 is 13.1. The first-order valence-electron chi connectivity index (χ1n) is 7.36. The van der Waals surface area contributed by atoms with E-state index in [0.717, 1.165) is 18.5 Å². The van der Waals surface area contributed by atoms with E-state index in [1.54, 1.807) is 12.1 Å². The predicted octanol–water partition coefficient (Wildman–Crippen LogP) is 1.99. The monoisotopic (exact) mass is 293 g/mol. The Bertz CT molecular complexity index is 503. The maximum absolute atomic E-state index is 13.1. The van der Waals surface area contributed by atoms with Crippen molar-refractivity contribution in [1.82, 2.24) is 15.1 Å². The highest BCUT2D eigenvalue weighted by Gasteiger charge is 2.46. The van der Waals surface area contributed by atoms with Crippen molar-refractivity contribution >= 4 is 5.91 Å². The number of carbonyl (C=O) groups excluding carboxylic acids is 1. The number of benzene rings is 1. The number of hydrogen-bond donors (Lipinski definition) is 1. The molecular weight excluding hydrogens is 269 g/mol. The van der Waals surface area contributed by atoms with Gasteiger partial charge in [0.15, 0.2) is 0 Å². The summed E-state index contributed by atoms with van der Waals surface area (Å²) in [4.78, 5) is 16.6. The first kappa shape index (κ1) is 15.9. The van der Waals surface area contributed by atoms with Crippen LogP contribution in [0.3, 0.4) is 0 Å². The van der Waals surface area contributed by atoms with Gasteiger partial charge in [-0.05, 0) is 45.1 Å². The van der Waals surface area contributed by atoms with Crippen molar-refractivity contribution < 1.29 is 9.18 Å². The molecule has 0 radical (unpaired) electrons. The zero-order chi connectivity index (χ0) is 15.6. The molecule has 1 N–H and O–H groups in total. The molecule has 116 valence electrons. The first-order valence-corrected chi connectivity index (χ1v) is 7.36.